The summed E-state index contributed by atoms with van der Waals surface area (Å²) < 4.78 is 27.7. The highest BCUT2D eigenvalue weighted by atomic mass is 35.5. The Morgan fingerprint density at radius 2 is 1.81 bits per heavy atom. The molecule has 1 aliphatic carbocycles. The summed E-state index contributed by atoms with van der Waals surface area (Å²) in [7, 11) is -3.63. The van der Waals surface area contributed by atoms with E-state index in [-0.39, 0.29) is 37.3 Å². The van der Waals surface area contributed by atoms with Crippen LogP contribution in [0.25, 0.3) is 0 Å². The molecule has 2 fully saturated rings. The van der Waals surface area contributed by atoms with Crippen LogP contribution in [-0.4, -0.2) is 53.4 Å². The van der Waals surface area contributed by atoms with E-state index in [9.17, 15) is 23.1 Å². The molecule has 5 rings (SSSR count). The molecular weight excluding hydrogens is 615 g/mol. The quantitative estimate of drug-likeness (QED) is 0.246. The predicted molar refractivity (Wildman–Crippen MR) is 166 cm³/mol. The summed E-state index contributed by atoms with van der Waals surface area (Å²) in [6.07, 6.45) is 2.87. The van der Waals surface area contributed by atoms with Crippen molar-refractivity contribution in [1.82, 2.24) is 9.21 Å². The Labute approximate surface area is 261 Å². The number of hydrogen-bond acceptors (Lipinski definition) is 5. The molecule has 2 unspecified atom stereocenters. The van der Waals surface area contributed by atoms with Gasteiger partial charge in [-0.3, -0.25) is 9.59 Å². The third kappa shape index (κ3) is 6.86. The molecule has 2 aromatic carbocycles. The Morgan fingerprint density at radius 3 is 2.38 bits per heavy atom. The Kier molecular flexibility index (Phi) is 9.07. The lowest BCUT2D eigenvalue weighted by atomic mass is 9.67. The van der Waals surface area contributed by atoms with E-state index in [1.54, 1.807) is 25.1 Å². The van der Waals surface area contributed by atoms with Crippen molar-refractivity contribution in [2.75, 3.05) is 12.8 Å². The first kappa shape index (κ1) is 31.0. The van der Waals surface area contributed by atoms with Crippen LogP contribution in [0.4, 0.5) is 0 Å². The topological polar surface area (TPSA) is 95.0 Å². The number of likely N-dealkylation sites (tertiary alicyclic amines) is 1. The highest BCUT2D eigenvalue weighted by Crippen LogP contribution is 2.54. The third-order valence-corrected chi connectivity index (χ3v) is 11.0. The van der Waals surface area contributed by atoms with Gasteiger partial charge in [-0.25, -0.2) is 8.42 Å². The molecule has 1 amide bonds. The number of benzene rings is 2. The van der Waals surface area contributed by atoms with Crippen LogP contribution in [0.15, 0.2) is 66.0 Å². The van der Waals surface area contributed by atoms with Gasteiger partial charge in [-0.1, -0.05) is 60.5 Å². The largest absolute Gasteiger partial charge is 0.481 e. The minimum atomic E-state index is -3.63. The second-order valence-corrected chi connectivity index (χ2v) is 15.6. The van der Waals surface area contributed by atoms with Crippen molar-refractivity contribution in [2.24, 2.45) is 11.3 Å². The minimum Gasteiger partial charge on any atom is -0.481 e. The van der Waals surface area contributed by atoms with Gasteiger partial charge in [-0.2, -0.15) is 4.31 Å². The maximum absolute atomic E-state index is 14.6. The molecule has 1 saturated heterocycles. The molecule has 0 bridgehead atoms. The van der Waals surface area contributed by atoms with Crippen LogP contribution in [0.2, 0.25) is 10.0 Å². The fourth-order valence-electron chi connectivity index (χ4n) is 6.29. The van der Waals surface area contributed by atoms with Crippen LogP contribution >= 0.6 is 34.5 Å². The number of carbonyl (C=O) groups excluding carboxylic acids is 1. The highest BCUT2D eigenvalue weighted by molar-refractivity contribution is 7.88. The maximum Gasteiger partial charge on any atom is 0.304 e. The van der Waals surface area contributed by atoms with Crippen LogP contribution in [-0.2, 0) is 26.2 Å². The van der Waals surface area contributed by atoms with Gasteiger partial charge in [-0.15, -0.1) is 11.3 Å². The monoisotopic (exact) mass is 648 g/mol. The summed E-state index contributed by atoms with van der Waals surface area (Å²) >= 11 is 14.2. The smallest absolute Gasteiger partial charge is 0.304 e. The first-order chi connectivity index (χ1) is 19.9. The number of rotatable bonds is 11. The van der Waals surface area contributed by atoms with Gasteiger partial charge in [0.25, 0.3) is 0 Å². The van der Waals surface area contributed by atoms with E-state index in [1.807, 2.05) is 52.7 Å². The lowest BCUT2D eigenvalue weighted by Gasteiger charge is -2.52. The van der Waals surface area contributed by atoms with Crippen molar-refractivity contribution in [3.63, 3.8) is 0 Å². The van der Waals surface area contributed by atoms with Crippen LogP contribution in [0.1, 0.15) is 60.6 Å². The molecule has 4 atom stereocenters. The fourth-order valence-corrected chi connectivity index (χ4v) is 8.22. The first-order valence-electron chi connectivity index (χ1n) is 13.9. The Bertz CT molecular complexity index is 1540. The van der Waals surface area contributed by atoms with Gasteiger partial charge >= 0.3 is 5.97 Å². The summed E-state index contributed by atoms with van der Waals surface area (Å²) in [5.41, 5.74) is 0.535. The molecule has 1 N–H and O–H groups in total. The van der Waals surface area contributed by atoms with E-state index >= 15 is 0 Å². The number of nitrogens with zero attached hydrogens (tertiary/aromatic N) is 2. The van der Waals surface area contributed by atoms with Gasteiger partial charge in [0.1, 0.15) is 0 Å². The van der Waals surface area contributed by atoms with E-state index in [4.69, 9.17) is 23.2 Å². The molecular formula is C31H34Cl2N2O5S2. The van der Waals surface area contributed by atoms with Crippen LogP contribution < -0.4 is 0 Å². The lowest BCUT2D eigenvalue weighted by molar-refractivity contribution is -0.161. The molecule has 1 saturated carbocycles. The number of carbonyl (C=O) groups is 2. The van der Waals surface area contributed by atoms with Gasteiger partial charge < -0.3 is 10.0 Å². The molecule has 42 heavy (non-hydrogen) atoms. The first-order valence-corrected chi connectivity index (χ1v) is 17.4. The number of piperidine rings is 1. The zero-order chi connectivity index (χ0) is 30.2. The zero-order valence-corrected chi connectivity index (χ0v) is 26.6. The van der Waals surface area contributed by atoms with Gasteiger partial charge in [0.2, 0.25) is 15.9 Å². The molecule has 1 aliphatic heterocycles. The summed E-state index contributed by atoms with van der Waals surface area (Å²) in [5, 5.41) is 12.9. The van der Waals surface area contributed by atoms with E-state index in [0.29, 0.717) is 16.5 Å². The number of sulfonamides is 1. The summed E-state index contributed by atoms with van der Waals surface area (Å²) in [6.45, 7) is 2.04. The fraction of sp³-hybridized carbons (Fsp3) is 0.419. The average Bonchev–Trinajstić information content (AvgIpc) is 3.62. The summed E-state index contributed by atoms with van der Waals surface area (Å²) in [5.74, 6) is -1.54. The number of aliphatic carboxylic acids is 1. The minimum absolute atomic E-state index is 0.0866. The number of carboxylic acids is 1. The normalized spacial score (nSPS) is 23.7. The average molecular weight is 650 g/mol. The SMILES string of the molecule is C[C@]1(CC(=O)O)CC(c2cccc(Cl)c2)C(c2ccc(Cl)cc2)N([C@H](CN(Cc2cccs2)S(C)(=O)=O)C2CC2)C1=O. The van der Waals surface area contributed by atoms with Crippen molar-refractivity contribution in [2.45, 2.75) is 57.2 Å². The van der Waals surface area contributed by atoms with Gasteiger partial charge in [-0.05, 0) is 72.0 Å². The van der Waals surface area contributed by atoms with Crippen LogP contribution in [0, 0.1) is 11.3 Å². The molecule has 0 radical (unpaired) electrons. The molecule has 224 valence electrons. The van der Waals surface area contributed by atoms with Gasteiger partial charge in [0.15, 0.2) is 0 Å². The zero-order valence-electron chi connectivity index (χ0n) is 23.4. The number of thiophene rings is 1. The Morgan fingerprint density at radius 1 is 1.10 bits per heavy atom. The standard InChI is InChI=1S/C31H34Cl2N2O5S2/c1-31(17-28(36)37)16-26(22-5-3-6-24(33)15-22)29(21-10-12-23(32)13-11-21)35(30(31)38)27(20-8-9-20)19-34(42(2,39)40)18-25-7-4-14-41-25/h3-7,10-15,20,26-27,29H,8-9,16-19H2,1-2H3,(H,36,37)/t26?,27-,29?,31-/m1/s1. The molecule has 11 heteroatoms. The Balaban J connectivity index is 1.66. The van der Waals surface area contributed by atoms with Crippen molar-refractivity contribution < 1.29 is 23.1 Å². The number of hydrogen-bond donors (Lipinski definition) is 1. The number of carboxylic acid groups (broad SMARTS) is 1. The molecule has 1 aromatic heterocycles. The van der Waals surface area contributed by atoms with Gasteiger partial charge in [0, 0.05) is 40.0 Å². The summed E-state index contributed by atoms with van der Waals surface area (Å²) in [6, 6.07) is 17.7. The maximum atomic E-state index is 14.6. The molecule has 0 spiro atoms. The molecule has 2 heterocycles. The molecule has 7 nitrogen and oxygen atoms in total. The highest BCUT2D eigenvalue weighted by Gasteiger charge is 2.55. The molecule has 2 aliphatic rings. The third-order valence-electron chi connectivity index (χ3n) is 8.43. The summed E-state index contributed by atoms with van der Waals surface area (Å²) in [4.78, 5) is 29.5. The van der Waals surface area contributed by atoms with E-state index in [1.165, 1.54) is 21.9 Å². The molecule has 3 aromatic rings. The number of amides is 1. The second-order valence-electron chi connectivity index (χ2n) is 11.7. The van der Waals surface area contributed by atoms with Crippen molar-refractivity contribution in [3.8, 4) is 0 Å². The van der Waals surface area contributed by atoms with E-state index in [0.717, 1.165) is 28.8 Å². The Hall–Kier alpha value is -2.43. The van der Waals surface area contributed by atoms with Crippen LogP contribution in [0.3, 0.4) is 0 Å². The van der Waals surface area contributed by atoms with Crippen LogP contribution in [0.5, 0.6) is 0 Å². The number of halogens is 2. The van der Waals surface area contributed by atoms with E-state index in [2.05, 4.69) is 0 Å². The van der Waals surface area contributed by atoms with Crippen molar-refractivity contribution in [1.29, 1.82) is 0 Å². The lowest BCUT2D eigenvalue weighted by Crippen LogP contribution is -2.59. The second kappa shape index (κ2) is 12.3. The van der Waals surface area contributed by atoms with Crippen molar-refractivity contribution >= 4 is 56.4 Å². The van der Waals surface area contributed by atoms with E-state index < -0.39 is 33.5 Å². The van der Waals surface area contributed by atoms with Gasteiger partial charge in [0.05, 0.1) is 24.1 Å². The predicted octanol–water partition coefficient (Wildman–Crippen LogP) is 6.83. The van der Waals surface area contributed by atoms with Crippen molar-refractivity contribution in [3.05, 3.63) is 92.1 Å².